The van der Waals surface area contributed by atoms with E-state index in [1.165, 1.54) is 6.07 Å². The molecular weight excluding hydrogens is 301 g/mol. The van der Waals surface area contributed by atoms with Gasteiger partial charge in [0.05, 0.1) is 17.3 Å². The van der Waals surface area contributed by atoms with Crippen LogP contribution < -0.4 is 16.4 Å². The van der Waals surface area contributed by atoms with Crippen molar-refractivity contribution >= 4 is 41.5 Å². The maximum Gasteiger partial charge on any atom is 0.253 e. The minimum atomic E-state index is -0.667. The summed E-state index contributed by atoms with van der Waals surface area (Å²) in [5.41, 5.74) is 6.19. The van der Waals surface area contributed by atoms with Gasteiger partial charge in [0.15, 0.2) is 0 Å². The predicted molar refractivity (Wildman–Crippen MR) is 83.6 cm³/mol. The van der Waals surface area contributed by atoms with Crippen LogP contribution in [0.1, 0.15) is 31.1 Å². The SMILES string of the molecule is CC(C)NC(=O)c1ccc(Cl)cc1NC(=O)[C@H](C)N.Cl. The Kier molecular flexibility index (Phi) is 7.57. The van der Waals surface area contributed by atoms with Gasteiger partial charge in [-0.3, -0.25) is 9.59 Å². The molecule has 2 amide bonds. The number of benzene rings is 1. The van der Waals surface area contributed by atoms with Crippen LogP contribution in [0, 0.1) is 0 Å². The van der Waals surface area contributed by atoms with Crippen LogP contribution in [0.15, 0.2) is 18.2 Å². The van der Waals surface area contributed by atoms with Gasteiger partial charge in [-0.15, -0.1) is 12.4 Å². The molecule has 7 heteroatoms. The number of carbonyl (C=O) groups is 2. The van der Waals surface area contributed by atoms with E-state index in [1.54, 1.807) is 19.1 Å². The van der Waals surface area contributed by atoms with Crippen LogP contribution >= 0.6 is 24.0 Å². The van der Waals surface area contributed by atoms with Crippen LogP contribution in [0.5, 0.6) is 0 Å². The van der Waals surface area contributed by atoms with Crippen LogP contribution in [-0.2, 0) is 4.79 Å². The third-order valence-corrected chi connectivity index (χ3v) is 2.55. The monoisotopic (exact) mass is 319 g/mol. The van der Waals surface area contributed by atoms with Crippen LogP contribution in [0.25, 0.3) is 0 Å². The molecule has 0 bridgehead atoms. The molecule has 0 aliphatic rings. The standard InChI is InChI=1S/C13H18ClN3O2.ClH/c1-7(2)16-13(19)10-5-4-9(14)6-11(10)17-12(18)8(3)15;/h4-8H,15H2,1-3H3,(H,16,19)(H,17,18);1H/t8-;/m0./s1. The minimum absolute atomic E-state index is 0. The minimum Gasteiger partial charge on any atom is -0.350 e. The first-order valence-corrected chi connectivity index (χ1v) is 6.36. The van der Waals surface area contributed by atoms with E-state index in [4.69, 9.17) is 17.3 Å². The quantitative estimate of drug-likeness (QED) is 0.795. The van der Waals surface area contributed by atoms with Crippen molar-refractivity contribution in [3.8, 4) is 0 Å². The van der Waals surface area contributed by atoms with Gasteiger partial charge in [-0.2, -0.15) is 0 Å². The van der Waals surface area contributed by atoms with Gasteiger partial charge in [-0.25, -0.2) is 0 Å². The molecule has 112 valence electrons. The first-order chi connectivity index (χ1) is 8.81. The van der Waals surface area contributed by atoms with Gasteiger partial charge < -0.3 is 16.4 Å². The summed E-state index contributed by atoms with van der Waals surface area (Å²) < 4.78 is 0. The van der Waals surface area contributed by atoms with Crippen molar-refractivity contribution in [3.63, 3.8) is 0 Å². The molecule has 0 radical (unpaired) electrons. The number of halogens is 2. The highest BCUT2D eigenvalue weighted by atomic mass is 35.5. The van der Waals surface area contributed by atoms with Gasteiger partial charge in [-0.05, 0) is 39.0 Å². The van der Waals surface area contributed by atoms with E-state index in [1.807, 2.05) is 13.8 Å². The molecule has 0 saturated heterocycles. The van der Waals surface area contributed by atoms with E-state index >= 15 is 0 Å². The van der Waals surface area contributed by atoms with Crippen molar-refractivity contribution in [3.05, 3.63) is 28.8 Å². The van der Waals surface area contributed by atoms with Crippen LogP contribution in [0.3, 0.4) is 0 Å². The highest BCUT2D eigenvalue weighted by molar-refractivity contribution is 6.31. The maximum absolute atomic E-state index is 12.0. The number of hydrogen-bond donors (Lipinski definition) is 3. The molecule has 0 aliphatic heterocycles. The number of nitrogens with one attached hydrogen (secondary N) is 2. The van der Waals surface area contributed by atoms with Crippen molar-refractivity contribution < 1.29 is 9.59 Å². The maximum atomic E-state index is 12.0. The Bertz CT molecular complexity index is 491. The summed E-state index contributed by atoms with van der Waals surface area (Å²) in [6.45, 7) is 5.27. The van der Waals surface area contributed by atoms with E-state index < -0.39 is 6.04 Å². The topological polar surface area (TPSA) is 84.2 Å². The number of hydrogen-bond acceptors (Lipinski definition) is 3. The molecule has 0 saturated carbocycles. The van der Waals surface area contributed by atoms with Gasteiger partial charge in [0, 0.05) is 11.1 Å². The molecule has 1 rings (SSSR count). The summed E-state index contributed by atoms with van der Waals surface area (Å²) in [6, 6.07) is 4.02. The molecule has 0 heterocycles. The Morgan fingerprint density at radius 2 is 1.85 bits per heavy atom. The Hall–Kier alpha value is -1.30. The fraction of sp³-hybridized carbons (Fsp3) is 0.385. The molecular formula is C13H19Cl2N3O2. The van der Waals surface area contributed by atoms with Gasteiger partial charge in [0.25, 0.3) is 5.91 Å². The lowest BCUT2D eigenvalue weighted by Crippen LogP contribution is -2.34. The predicted octanol–water partition coefficient (Wildman–Crippen LogP) is 2.19. The Labute approximate surface area is 129 Å². The highest BCUT2D eigenvalue weighted by Gasteiger charge is 2.16. The zero-order chi connectivity index (χ0) is 14.6. The molecule has 1 atom stereocenters. The van der Waals surface area contributed by atoms with E-state index in [-0.39, 0.29) is 30.3 Å². The molecule has 5 nitrogen and oxygen atoms in total. The second kappa shape index (κ2) is 8.09. The Morgan fingerprint density at radius 1 is 1.25 bits per heavy atom. The Balaban J connectivity index is 0.00000361. The first kappa shape index (κ1) is 18.7. The zero-order valence-electron chi connectivity index (χ0n) is 11.6. The zero-order valence-corrected chi connectivity index (χ0v) is 13.1. The molecule has 1 aromatic rings. The van der Waals surface area contributed by atoms with Crippen molar-refractivity contribution in [1.29, 1.82) is 0 Å². The number of nitrogens with two attached hydrogens (primary N) is 1. The van der Waals surface area contributed by atoms with Crippen molar-refractivity contribution in [1.82, 2.24) is 5.32 Å². The largest absolute Gasteiger partial charge is 0.350 e. The summed E-state index contributed by atoms with van der Waals surface area (Å²) in [5, 5.41) is 5.78. The van der Waals surface area contributed by atoms with E-state index in [2.05, 4.69) is 10.6 Å². The van der Waals surface area contributed by atoms with Gasteiger partial charge in [0.2, 0.25) is 5.91 Å². The first-order valence-electron chi connectivity index (χ1n) is 5.98. The average Bonchev–Trinajstić information content (AvgIpc) is 2.27. The average molecular weight is 320 g/mol. The number of amides is 2. The summed E-state index contributed by atoms with van der Waals surface area (Å²) in [6.07, 6.45) is 0. The summed E-state index contributed by atoms with van der Waals surface area (Å²) in [4.78, 5) is 23.6. The second-order valence-electron chi connectivity index (χ2n) is 4.60. The summed E-state index contributed by atoms with van der Waals surface area (Å²) >= 11 is 5.88. The Morgan fingerprint density at radius 3 is 2.35 bits per heavy atom. The third kappa shape index (κ3) is 5.36. The summed E-state index contributed by atoms with van der Waals surface area (Å²) in [7, 11) is 0. The molecule has 20 heavy (non-hydrogen) atoms. The normalized spacial score (nSPS) is 11.5. The van der Waals surface area contributed by atoms with E-state index in [9.17, 15) is 9.59 Å². The lowest BCUT2D eigenvalue weighted by atomic mass is 10.1. The van der Waals surface area contributed by atoms with Crippen LogP contribution in [0.2, 0.25) is 5.02 Å². The molecule has 0 aromatic heterocycles. The van der Waals surface area contributed by atoms with E-state index in [0.29, 0.717) is 16.3 Å². The number of rotatable bonds is 4. The molecule has 0 spiro atoms. The van der Waals surface area contributed by atoms with Gasteiger partial charge in [-0.1, -0.05) is 11.6 Å². The lowest BCUT2D eigenvalue weighted by Gasteiger charge is -2.14. The second-order valence-corrected chi connectivity index (χ2v) is 5.03. The fourth-order valence-corrected chi connectivity index (χ4v) is 1.58. The third-order valence-electron chi connectivity index (χ3n) is 2.32. The molecule has 0 fully saturated rings. The van der Waals surface area contributed by atoms with Crippen LogP contribution in [0.4, 0.5) is 5.69 Å². The van der Waals surface area contributed by atoms with Gasteiger partial charge >= 0.3 is 0 Å². The van der Waals surface area contributed by atoms with Crippen molar-refractivity contribution in [2.75, 3.05) is 5.32 Å². The highest BCUT2D eigenvalue weighted by Crippen LogP contribution is 2.21. The van der Waals surface area contributed by atoms with Crippen molar-refractivity contribution in [2.45, 2.75) is 32.9 Å². The number of anilines is 1. The van der Waals surface area contributed by atoms with Crippen LogP contribution in [-0.4, -0.2) is 23.9 Å². The number of carbonyl (C=O) groups excluding carboxylic acids is 2. The molecule has 0 unspecified atom stereocenters. The molecule has 0 aliphatic carbocycles. The molecule has 4 N–H and O–H groups in total. The molecule has 1 aromatic carbocycles. The smallest absolute Gasteiger partial charge is 0.253 e. The lowest BCUT2D eigenvalue weighted by molar-refractivity contribution is -0.117. The fourth-order valence-electron chi connectivity index (χ4n) is 1.40. The summed E-state index contributed by atoms with van der Waals surface area (Å²) in [5.74, 6) is -0.646. The van der Waals surface area contributed by atoms with Crippen molar-refractivity contribution in [2.24, 2.45) is 5.73 Å². The van der Waals surface area contributed by atoms with E-state index in [0.717, 1.165) is 0 Å². The van der Waals surface area contributed by atoms with Gasteiger partial charge in [0.1, 0.15) is 0 Å².